The molecule has 2 aromatic carbocycles. The van der Waals surface area contributed by atoms with Crippen LogP contribution in [0.15, 0.2) is 55.1 Å². The minimum absolute atomic E-state index is 0.00131. The van der Waals surface area contributed by atoms with Crippen molar-refractivity contribution in [1.29, 1.82) is 0 Å². The number of nitrogens with zero attached hydrogens (tertiary/aromatic N) is 1. The van der Waals surface area contributed by atoms with E-state index in [0.29, 0.717) is 19.4 Å². The Morgan fingerprint density at radius 1 is 1.02 bits per heavy atom. The summed E-state index contributed by atoms with van der Waals surface area (Å²) in [6, 6.07) is 11.1. The predicted molar refractivity (Wildman–Crippen MR) is 163 cm³/mol. The van der Waals surface area contributed by atoms with E-state index in [1.165, 1.54) is 12.0 Å². The third kappa shape index (κ3) is 8.57. The molecule has 0 bridgehead atoms. The number of ether oxygens (including phenoxy) is 2. The number of hydrogen-bond donors (Lipinski definition) is 2. The zero-order valence-electron chi connectivity index (χ0n) is 25.9. The molecule has 1 aliphatic rings. The number of benzene rings is 2. The third-order valence-electron chi connectivity index (χ3n) is 7.30. The molecule has 9 heteroatoms. The topological polar surface area (TPSA) is 114 Å². The van der Waals surface area contributed by atoms with Crippen LogP contribution >= 0.6 is 0 Å². The normalized spacial score (nSPS) is 18.6. The number of hydrogen-bond acceptors (Lipinski definition) is 6. The molecule has 2 unspecified atom stereocenters. The van der Waals surface area contributed by atoms with Gasteiger partial charge in [0.1, 0.15) is 23.7 Å². The number of nitrogens with one attached hydrogen (secondary N) is 2. The van der Waals surface area contributed by atoms with Crippen LogP contribution in [-0.2, 0) is 30.3 Å². The quantitative estimate of drug-likeness (QED) is 0.327. The van der Waals surface area contributed by atoms with Crippen molar-refractivity contribution in [2.45, 2.75) is 84.5 Å². The van der Waals surface area contributed by atoms with Gasteiger partial charge in [-0.15, -0.1) is 6.58 Å². The molecule has 42 heavy (non-hydrogen) atoms. The smallest absolute Gasteiger partial charge is 0.408 e. The van der Waals surface area contributed by atoms with Gasteiger partial charge in [-0.05, 0) is 61.3 Å². The lowest BCUT2D eigenvalue weighted by Crippen LogP contribution is -2.59. The Kier molecular flexibility index (Phi) is 10.4. The van der Waals surface area contributed by atoms with Crippen LogP contribution in [0.2, 0.25) is 0 Å². The molecule has 0 aromatic heterocycles. The molecule has 1 saturated heterocycles. The van der Waals surface area contributed by atoms with Gasteiger partial charge in [0, 0.05) is 13.0 Å². The molecule has 2 N–H and O–H groups in total. The van der Waals surface area contributed by atoms with Crippen LogP contribution < -0.4 is 10.6 Å². The summed E-state index contributed by atoms with van der Waals surface area (Å²) in [5, 5.41) is 7.69. The number of amides is 3. The molecule has 2 aromatic rings. The van der Waals surface area contributed by atoms with Gasteiger partial charge >= 0.3 is 12.1 Å². The average Bonchev–Trinajstić information content (AvgIpc) is 3.33. The first-order valence-electron chi connectivity index (χ1n) is 14.4. The van der Waals surface area contributed by atoms with Gasteiger partial charge in [-0.2, -0.15) is 0 Å². The van der Waals surface area contributed by atoms with Crippen LogP contribution in [0.3, 0.4) is 0 Å². The van der Waals surface area contributed by atoms with Crippen molar-refractivity contribution in [1.82, 2.24) is 15.5 Å². The van der Waals surface area contributed by atoms with E-state index >= 15 is 0 Å². The standard InChI is InChI=1S/C33H45N3O6/c1-9-12-22-19-26(36(20-22)29(38)27(32(2,3)4)35-31(40)42-33(5,6)7)28(37)34-25(30(39)41-8)18-21-15-16-23-13-10-11-14-24(23)17-21/h9-11,13-17,22,25-27H,1,12,18-20H2,2-8H3,(H,34,37)(H,35,40)/t22-,25?,26-,27?/m0/s1. The molecule has 4 atom stereocenters. The maximum absolute atomic E-state index is 14.0. The molecule has 1 fully saturated rings. The highest BCUT2D eigenvalue weighted by molar-refractivity contribution is 5.94. The van der Waals surface area contributed by atoms with Crippen LogP contribution in [0, 0.1) is 11.3 Å². The van der Waals surface area contributed by atoms with Crippen LogP contribution in [-0.4, -0.2) is 66.2 Å². The van der Waals surface area contributed by atoms with E-state index in [9.17, 15) is 19.2 Å². The highest BCUT2D eigenvalue weighted by Crippen LogP contribution is 2.31. The summed E-state index contributed by atoms with van der Waals surface area (Å²) in [7, 11) is 1.28. The first kappa shape index (κ1) is 32.6. The first-order chi connectivity index (χ1) is 19.6. The van der Waals surface area contributed by atoms with E-state index in [4.69, 9.17) is 9.47 Å². The number of carbonyl (C=O) groups excluding carboxylic acids is 4. The summed E-state index contributed by atoms with van der Waals surface area (Å²) in [6.45, 7) is 14.9. The van der Waals surface area contributed by atoms with Crippen molar-refractivity contribution in [3.8, 4) is 0 Å². The summed E-state index contributed by atoms with van der Waals surface area (Å²) in [5.41, 5.74) is -0.548. The molecule has 228 valence electrons. The molecular weight excluding hydrogens is 534 g/mol. The number of methoxy groups -OCH3 is 1. The lowest BCUT2D eigenvalue weighted by atomic mass is 9.85. The van der Waals surface area contributed by atoms with E-state index in [1.807, 2.05) is 63.2 Å². The van der Waals surface area contributed by atoms with E-state index in [-0.39, 0.29) is 18.2 Å². The van der Waals surface area contributed by atoms with Crippen LogP contribution in [0.25, 0.3) is 10.8 Å². The Labute approximate surface area is 249 Å². The number of fused-ring (bicyclic) bond motifs is 1. The van der Waals surface area contributed by atoms with Gasteiger partial charge in [-0.1, -0.05) is 69.3 Å². The highest BCUT2D eigenvalue weighted by atomic mass is 16.6. The van der Waals surface area contributed by atoms with Crippen molar-refractivity contribution in [3.05, 3.63) is 60.7 Å². The molecule has 3 rings (SSSR count). The van der Waals surface area contributed by atoms with Crippen molar-refractivity contribution in [3.63, 3.8) is 0 Å². The van der Waals surface area contributed by atoms with E-state index < -0.39 is 47.1 Å². The molecule has 9 nitrogen and oxygen atoms in total. The van der Waals surface area contributed by atoms with Gasteiger partial charge < -0.3 is 25.0 Å². The largest absolute Gasteiger partial charge is 0.467 e. The van der Waals surface area contributed by atoms with Gasteiger partial charge in [0.15, 0.2) is 0 Å². The highest BCUT2D eigenvalue weighted by Gasteiger charge is 2.45. The van der Waals surface area contributed by atoms with Gasteiger partial charge in [0.2, 0.25) is 11.8 Å². The van der Waals surface area contributed by atoms with E-state index in [1.54, 1.807) is 26.8 Å². The molecule has 0 saturated carbocycles. The second kappa shape index (κ2) is 13.4. The van der Waals surface area contributed by atoms with E-state index in [0.717, 1.165) is 16.3 Å². The van der Waals surface area contributed by atoms with Crippen LogP contribution in [0.4, 0.5) is 4.79 Å². The maximum Gasteiger partial charge on any atom is 0.408 e. The van der Waals surface area contributed by atoms with Crippen molar-refractivity contribution >= 4 is 34.6 Å². The Balaban J connectivity index is 1.85. The fourth-order valence-corrected chi connectivity index (χ4v) is 5.27. The summed E-state index contributed by atoms with van der Waals surface area (Å²) < 4.78 is 10.4. The van der Waals surface area contributed by atoms with Crippen LogP contribution in [0.5, 0.6) is 0 Å². The molecular formula is C33H45N3O6. The molecule has 1 aliphatic heterocycles. The molecule has 0 radical (unpaired) electrons. The number of alkyl carbamates (subject to hydrolysis) is 1. The SMILES string of the molecule is C=CC[C@H]1C[C@@H](C(=O)NC(Cc2ccc3ccccc3c2)C(=O)OC)N(C(=O)C(NC(=O)OC(C)(C)C)C(C)(C)C)C1. The molecule has 3 amide bonds. The Morgan fingerprint density at radius 3 is 2.29 bits per heavy atom. The van der Waals surface area contributed by atoms with Gasteiger partial charge in [0.25, 0.3) is 0 Å². The number of carbonyl (C=O) groups is 4. The number of esters is 1. The zero-order valence-corrected chi connectivity index (χ0v) is 25.9. The van der Waals surface area contributed by atoms with Crippen LogP contribution in [0.1, 0.15) is 59.9 Å². The monoisotopic (exact) mass is 579 g/mol. The second-order valence-electron chi connectivity index (χ2n) is 13.0. The predicted octanol–water partition coefficient (Wildman–Crippen LogP) is 4.77. The summed E-state index contributed by atoms with van der Waals surface area (Å²) in [6.07, 6.45) is 2.30. The van der Waals surface area contributed by atoms with Gasteiger partial charge in [-0.3, -0.25) is 9.59 Å². The minimum Gasteiger partial charge on any atom is -0.467 e. The van der Waals surface area contributed by atoms with Gasteiger partial charge in [-0.25, -0.2) is 9.59 Å². The maximum atomic E-state index is 14.0. The minimum atomic E-state index is -0.947. The lowest BCUT2D eigenvalue weighted by Gasteiger charge is -2.36. The first-order valence-corrected chi connectivity index (χ1v) is 14.4. The van der Waals surface area contributed by atoms with E-state index in [2.05, 4.69) is 17.2 Å². The Bertz CT molecular complexity index is 1310. The van der Waals surface area contributed by atoms with Gasteiger partial charge in [0.05, 0.1) is 7.11 Å². The average molecular weight is 580 g/mol. The number of allylic oxidation sites excluding steroid dienone is 1. The van der Waals surface area contributed by atoms with Crippen molar-refractivity contribution in [2.75, 3.05) is 13.7 Å². The Morgan fingerprint density at radius 2 is 1.69 bits per heavy atom. The summed E-state index contributed by atoms with van der Waals surface area (Å²) >= 11 is 0. The fraction of sp³-hybridized carbons (Fsp3) is 0.515. The molecule has 0 aliphatic carbocycles. The second-order valence-corrected chi connectivity index (χ2v) is 13.0. The fourth-order valence-electron chi connectivity index (χ4n) is 5.27. The third-order valence-corrected chi connectivity index (χ3v) is 7.30. The lowest BCUT2D eigenvalue weighted by molar-refractivity contribution is -0.147. The number of likely N-dealkylation sites (tertiary alicyclic amines) is 1. The zero-order chi connectivity index (χ0) is 31.2. The van der Waals surface area contributed by atoms with Crippen molar-refractivity contribution < 1.29 is 28.7 Å². The Hall–Kier alpha value is -3.88. The summed E-state index contributed by atoms with van der Waals surface area (Å²) in [4.78, 5) is 54.8. The molecule has 1 heterocycles. The number of rotatable bonds is 9. The van der Waals surface area contributed by atoms with Crippen molar-refractivity contribution in [2.24, 2.45) is 11.3 Å². The summed E-state index contributed by atoms with van der Waals surface area (Å²) in [5.74, 6) is -1.41. The molecule has 0 spiro atoms.